The van der Waals surface area contributed by atoms with Gasteiger partial charge in [0.25, 0.3) is 0 Å². The minimum absolute atomic E-state index is 0.400. The normalized spacial score (nSPS) is 21.7. The van der Waals surface area contributed by atoms with Gasteiger partial charge in [-0.15, -0.1) is 11.6 Å². The largest absolute Gasteiger partial charge is 0.350 e. The highest BCUT2D eigenvalue weighted by Gasteiger charge is 2.24. The third-order valence-electron chi connectivity index (χ3n) is 2.42. The number of aromatic nitrogens is 1. The molecule has 0 saturated carbocycles. The lowest BCUT2D eigenvalue weighted by molar-refractivity contribution is 0.693. The van der Waals surface area contributed by atoms with Gasteiger partial charge in [-0.2, -0.15) is 11.8 Å². The molecule has 0 N–H and O–H groups in total. The van der Waals surface area contributed by atoms with Crippen LogP contribution in [0.5, 0.6) is 0 Å². The van der Waals surface area contributed by atoms with E-state index in [-0.39, 0.29) is 0 Å². The summed E-state index contributed by atoms with van der Waals surface area (Å²) in [5.74, 6) is 3.92. The van der Waals surface area contributed by atoms with Gasteiger partial charge in [-0.3, -0.25) is 0 Å². The van der Waals surface area contributed by atoms with Crippen molar-refractivity contribution in [2.24, 2.45) is 0 Å². The van der Waals surface area contributed by atoms with Crippen molar-refractivity contribution >= 4 is 45.1 Å². The summed E-state index contributed by atoms with van der Waals surface area (Å²) in [5.41, 5.74) is 0. The molecule has 0 aromatic carbocycles. The summed E-state index contributed by atoms with van der Waals surface area (Å²) in [6, 6.07) is 4.36. The SMILES string of the molecule is ClCC1CSCCN1c1ncccc1Br. The van der Waals surface area contributed by atoms with Gasteiger partial charge in [0.1, 0.15) is 5.82 Å². The van der Waals surface area contributed by atoms with Crippen LogP contribution in [0.1, 0.15) is 0 Å². The topological polar surface area (TPSA) is 16.1 Å². The van der Waals surface area contributed by atoms with E-state index in [0.717, 1.165) is 28.3 Å². The second-order valence-electron chi connectivity index (χ2n) is 3.39. The van der Waals surface area contributed by atoms with E-state index in [2.05, 4.69) is 25.8 Å². The van der Waals surface area contributed by atoms with Crippen molar-refractivity contribution in [3.8, 4) is 0 Å². The summed E-state index contributed by atoms with van der Waals surface area (Å²) >= 11 is 11.5. The molecule has 1 aliphatic heterocycles. The number of halogens is 2. The first-order chi connectivity index (χ1) is 7.33. The van der Waals surface area contributed by atoms with Crippen molar-refractivity contribution in [2.75, 3.05) is 28.8 Å². The number of thioether (sulfide) groups is 1. The fourth-order valence-electron chi connectivity index (χ4n) is 1.65. The zero-order valence-electron chi connectivity index (χ0n) is 8.20. The second kappa shape index (κ2) is 5.41. The number of hydrogen-bond acceptors (Lipinski definition) is 3. The van der Waals surface area contributed by atoms with E-state index >= 15 is 0 Å². The molecule has 1 atom stereocenters. The number of nitrogens with zero attached hydrogens (tertiary/aromatic N) is 2. The van der Waals surface area contributed by atoms with Crippen LogP contribution in [0.2, 0.25) is 0 Å². The van der Waals surface area contributed by atoms with Gasteiger partial charge in [-0.25, -0.2) is 4.98 Å². The Morgan fingerprint density at radius 1 is 1.67 bits per heavy atom. The van der Waals surface area contributed by atoms with Crippen LogP contribution >= 0.6 is 39.3 Å². The highest BCUT2D eigenvalue weighted by molar-refractivity contribution is 9.10. The molecule has 0 amide bonds. The lowest BCUT2D eigenvalue weighted by atomic mass is 10.3. The Labute approximate surface area is 108 Å². The Bertz CT molecular complexity index is 337. The number of alkyl halides is 1. The van der Waals surface area contributed by atoms with Crippen molar-refractivity contribution in [3.05, 3.63) is 22.8 Å². The first-order valence-electron chi connectivity index (χ1n) is 4.84. The summed E-state index contributed by atoms with van der Waals surface area (Å²) in [4.78, 5) is 6.71. The average molecular weight is 308 g/mol. The summed E-state index contributed by atoms with van der Waals surface area (Å²) in [7, 11) is 0. The van der Waals surface area contributed by atoms with Crippen LogP contribution in [0, 0.1) is 0 Å². The van der Waals surface area contributed by atoms with Crippen molar-refractivity contribution < 1.29 is 0 Å². The van der Waals surface area contributed by atoms with E-state index < -0.39 is 0 Å². The van der Waals surface area contributed by atoms with Gasteiger partial charge >= 0.3 is 0 Å². The molecule has 1 aromatic rings. The van der Waals surface area contributed by atoms with Crippen molar-refractivity contribution in [1.29, 1.82) is 0 Å². The van der Waals surface area contributed by atoms with Gasteiger partial charge in [-0.05, 0) is 28.1 Å². The van der Waals surface area contributed by atoms with Gasteiger partial charge < -0.3 is 4.90 Å². The lowest BCUT2D eigenvalue weighted by Gasteiger charge is -2.35. The molecule has 0 aliphatic carbocycles. The molecule has 2 nitrogen and oxygen atoms in total. The van der Waals surface area contributed by atoms with Crippen LogP contribution in [0.4, 0.5) is 5.82 Å². The molecule has 1 saturated heterocycles. The van der Waals surface area contributed by atoms with Crippen molar-refractivity contribution in [3.63, 3.8) is 0 Å². The minimum Gasteiger partial charge on any atom is -0.350 e. The molecule has 1 aliphatic rings. The fraction of sp³-hybridized carbons (Fsp3) is 0.500. The maximum absolute atomic E-state index is 5.98. The van der Waals surface area contributed by atoms with E-state index in [1.54, 1.807) is 0 Å². The Hall–Kier alpha value is 0.0700. The van der Waals surface area contributed by atoms with E-state index in [1.165, 1.54) is 0 Å². The lowest BCUT2D eigenvalue weighted by Crippen LogP contribution is -2.44. The first-order valence-corrected chi connectivity index (χ1v) is 7.32. The molecular weight excluding hydrogens is 296 g/mol. The van der Waals surface area contributed by atoms with Gasteiger partial charge in [-0.1, -0.05) is 0 Å². The molecule has 15 heavy (non-hydrogen) atoms. The van der Waals surface area contributed by atoms with Gasteiger partial charge in [0.05, 0.1) is 10.5 Å². The first kappa shape index (κ1) is 11.6. The van der Waals surface area contributed by atoms with Crippen LogP contribution < -0.4 is 4.90 Å². The third-order valence-corrected chi connectivity index (χ3v) is 4.48. The third kappa shape index (κ3) is 2.60. The Kier molecular flexibility index (Phi) is 4.17. The standard InChI is InChI=1S/C10H12BrClN2S/c11-9-2-1-3-13-10(9)14-4-5-15-7-8(14)6-12/h1-3,8H,4-7H2. The predicted molar refractivity (Wildman–Crippen MR) is 71.1 cm³/mol. The van der Waals surface area contributed by atoms with Gasteiger partial charge in [0.2, 0.25) is 0 Å². The van der Waals surface area contributed by atoms with Crippen LogP contribution in [-0.4, -0.2) is 35.0 Å². The van der Waals surface area contributed by atoms with E-state index in [1.807, 2.05) is 30.1 Å². The molecular formula is C10H12BrClN2S. The molecule has 1 aromatic heterocycles. The maximum atomic E-state index is 5.98. The molecule has 0 bridgehead atoms. The summed E-state index contributed by atoms with van der Waals surface area (Å²) < 4.78 is 1.05. The molecule has 2 heterocycles. The highest BCUT2D eigenvalue weighted by atomic mass is 79.9. The summed E-state index contributed by atoms with van der Waals surface area (Å²) in [6.45, 7) is 1.03. The van der Waals surface area contributed by atoms with Crippen LogP contribution in [-0.2, 0) is 0 Å². The number of pyridine rings is 1. The van der Waals surface area contributed by atoms with Crippen LogP contribution in [0.25, 0.3) is 0 Å². The van der Waals surface area contributed by atoms with E-state index in [0.29, 0.717) is 11.9 Å². The zero-order chi connectivity index (χ0) is 10.7. The zero-order valence-corrected chi connectivity index (χ0v) is 11.4. The summed E-state index contributed by atoms with van der Waals surface area (Å²) in [5, 5.41) is 0. The van der Waals surface area contributed by atoms with Crippen molar-refractivity contribution in [2.45, 2.75) is 6.04 Å². The second-order valence-corrected chi connectivity index (χ2v) is 5.70. The summed E-state index contributed by atoms with van der Waals surface area (Å²) in [6.07, 6.45) is 1.83. The number of hydrogen-bond donors (Lipinski definition) is 0. The van der Waals surface area contributed by atoms with Gasteiger partial charge in [0, 0.05) is 30.1 Å². The van der Waals surface area contributed by atoms with Crippen LogP contribution in [0.15, 0.2) is 22.8 Å². The molecule has 2 rings (SSSR count). The molecule has 0 radical (unpaired) electrons. The average Bonchev–Trinajstić information content (AvgIpc) is 2.30. The number of anilines is 1. The highest BCUT2D eigenvalue weighted by Crippen LogP contribution is 2.28. The van der Waals surface area contributed by atoms with Crippen molar-refractivity contribution in [1.82, 2.24) is 4.98 Å². The Morgan fingerprint density at radius 2 is 2.53 bits per heavy atom. The molecule has 0 spiro atoms. The molecule has 1 unspecified atom stereocenters. The smallest absolute Gasteiger partial charge is 0.143 e. The fourth-order valence-corrected chi connectivity index (χ4v) is 3.60. The Balaban J connectivity index is 2.24. The molecule has 5 heteroatoms. The molecule has 1 fully saturated rings. The maximum Gasteiger partial charge on any atom is 0.143 e. The molecule has 82 valence electrons. The van der Waals surface area contributed by atoms with Crippen LogP contribution in [0.3, 0.4) is 0 Å². The minimum atomic E-state index is 0.400. The Morgan fingerprint density at radius 3 is 3.27 bits per heavy atom. The number of rotatable bonds is 2. The van der Waals surface area contributed by atoms with Gasteiger partial charge in [0.15, 0.2) is 0 Å². The predicted octanol–water partition coefficient (Wildman–Crippen LogP) is 3.00. The quantitative estimate of drug-likeness (QED) is 0.782. The van der Waals surface area contributed by atoms with E-state index in [4.69, 9.17) is 11.6 Å². The monoisotopic (exact) mass is 306 g/mol. The van der Waals surface area contributed by atoms with E-state index in [9.17, 15) is 0 Å².